The number of rotatable bonds is 7. The molecule has 144 valence electrons. The number of carbonyl (C=O) groups excluding carboxylic acids is 1. The van der Waals surface area contributed by atoms with Crippen molar-refractivity contribution in [2.45, 2.75) is 65.5 Å². The third kappa shape index (κ3) is 4.53. The first-order valence-corrected chi connectivity index (χ1v) is 9.42. The van der Waals surface area contributed by atoms with E-state index in [-0.39, 0.29) is 11.3 Å². The molecule has 7 nitrogen and oxygen atoms in total. The standard InChI is InChI=1S/C20H27N5O2/c1-5-25-15-10-7-6-9-14(15)22-16(25)13-21-17(26)11-8-12-18-23-19(24-27-18)20(2,3)4/h6-7,9-10H,5,8,11-13H2,1-4H3,(H,21,26). The Morgan fingerprint density at radius 3 is 2.70 bits per heavy atom. The molecule has 0 saturated heterocycles. The normalized spacial score (nSPS) is 11.9. The van der Waals surface area contributed by atoms with Gasteiger partial charge in [0.15, 0.2) is 5.82 Å². The molecule has 0 radical (unpaired) electrons. The highest BCUT2D eigenvalue weighted by Gasteiger charge is 2.20. The van der Waals surface area contributed by atoms with Crippen molar-refractivity contribution >= 4 is 16.9 Å². The van der Waals surface area contributed by atoms with E-state index >= 15 is 0 Å². The van der Waals surface area contributed by atoms with Crippen LogP contribution in [0, 0.1) is 0 Å². The number of para-hydroxylation sites is 2. The lowest BCUT2D eigenvalue weighted by Gasteiger charge is -2.10. The number of nitrogens with one attached hydrogen (secondary N) is 1. The molecule has 27 heavy (non-hydrogen) atoms. The largest absolute Gasteiger partial charge is 0.349 e. The van der Waals surface area contributed by atoms with E-state index in [0.29, 0.717) is 37.5 Å². The zero-order chi connectivity index (χ0) is 19.4. The van der Waals surface area contributed by atoms with Gasteiger partial charge in [0.1, 0.15) is 5.82 Å². The summed E-state index contributed by atoms with van der Waals surface area (Å²) in [5.74, 6) is 2.15. The van der Waals surface area contributed by atoms with Gasteiger partial charge in [-0.25, -0.2) is 4.98 Å². The summed E-state index contributed by atoms with van der Waals surface area (Å²) < 4.78 is 7.39. The van der Waals surface area contributed by atoms with E-state index < -0.39 is 0 Å². The van der Waals surface area contributed by atoms with Crippen LogP contribution in [0.4, 0.5) is 0 Å². The number of aryl methyl sites for hydroxylation is 2. The number of hydrogen-bond donors (Lipinski definition) is 1. The van der Waals surface area contributed by atoms with E-state index in [0.717, 1.165) is 23.4 Å². The summed E-state index contributed by atoms with van der Waals surface area (Å²) in [7, 11) is 0. The molecule has 1 aromatic carbocycles. The molecular formula is C20H27N5O2. The molecule has 0 aliphatic heterocycles. The van der Waals surface area contributed by atoms with Crippen LogP contribution in [0.15, 0.2) is 28.8 Å². The zero-order valence-corrected chi connectivity index (χ0v) is 16.5. The van der Waals surface area contributed by atoms with Crippen LogP contribution in [0.25, 0.3) is 11.0 Å². The van der Waals surface area contributed by atoms with Gasteiger partial charge in [-0.2, -0.15) is 4.98 Å². The Hall–Kier alpha value is -2.70. The highest BCUT2D eigenvalue weighted by molar-refractivity contribution is 5.77. The van der Waals surface area contributed by atoms with Crippen molar-refractivity contribution < 1.29 is 9.32 Å². The van der Waals surface area contributed by atoms with E-state index in [1.165, 1.54) is 0 Å². The van der Waals surface area contributed by atoms with Gasteiger partial charge in [0.25, 0.3) is 0 Å². The summed E-state index contributed by atoms with van der Waals surface area (Å²) in [5, 5.41) is 6.96. The Labute approximate surface area is 159 Å². The number of imidazole rings is 1. The van der Waals surface area contributed by atoms with Crippen molar-refractivity contribution in [3.63, 3.8) is 0 Å². The second-order valence-corrected chi connectivity index (χ2v) is 7.65. The monoisotopic (exact) mass is 369 g/mol. The van der Waals surface area contributed by atoms with E-state index in [9.17, 15) is 4.79 Å². The summed E-state index contributed by atoms with van der Waals surface area (Å²) >= 11 is 0. The van der Waals surface area contributed by atoms with E-state index in [1.807, 2.05) is 45.0 Å². The third-order valence-electron chi connectivity index (χ3n) is 4.43. The molecule has 0 fully saturated rings. The number of fused-ring (bicyclic) bond motifs is 1. The van der Waals surface area contributed by atoms with Crippen molar-refractivity contribution in [3.8, 4) is 0 Å². The molecule has 0 aliphatic carbocycles. The smallest absolute Gasteiger partial charge is 0.226 e. The summed E-state index contributed by atoms with van der Waals surface area (Å²) in [6, 6.07) is 8.01. The topological polar surface area (TPSA) is 85.8 Å². The number of aromatic nitrogens is 4. The minimum absolute atomic E-state index is 0.000249. The van der Waals surface area contributed by atoms with Gasteiger partial charge in [-0.3, -0.25) is 4.79 Å². The van der Waals surface area contributed by atoms with Crippen LogP contribution >= 0.6 is 0 Å². The first-order valence-electron chi connectivity index (χ1n) is 9.42. The van der Waals surface area contributed by atoms with Crippen molar-refractivity contribution in [2.75, 3.05) is 0 Å². The maximum atomic E-state index is 12.2. The van der Waals surface area contributed by atoms with Gasteiger partial charge in [0.2, 0.25) is 11.8 Å². The molecular weight excluding hydrogens is 342 g/mol. The Morgan fingerprint density at radius 2 is 2.00 bits per heavy atom. The van der Waals surface area contributed by atoms with E-state index in [4.69, 9.17) is 4.52 Å². The van der Waals surface area contributed by atoms with Crippen molar-refractivity contribution in [2.24, 2.45) is 0 Å². The summed E-state index contributed by atoms with van der Waals surface area (Å²) in [6.45, 7) is 9.45. The number of nitrogens with zero attached hydrogens (tertiary/aromatic N) is 4. The highest BCUT2D eigenvalue weighted by Crippen LogP contribution is 2.19. The summed E-state index contributed by atoms with van der Waals surface area (Å²) in [5.41, 5.74) is 1.91. The third-order valence-corrected chi connectivity index (χ3v) is 4.43. The minimum atomic E-state index is -0.135. The molecule has 2 heterocycles. The van der Waals surface area contributed by atoms with Crippen LogP contribution in [0.2, 0.25) is 0 Å². The van der Waals surface area contributed by atoms with Gasteiger partial charge in [-0.1, -0.05) is 38.1 Å². The number of benzene rings is 1. The minimum Gasteiger partial charge on any atom is -0.349 e. The Morgan fingerprint density at radius 1 is 1.22 bits per heavy atom. The molecule has 0 aliphatic rings. The predicted molar refractivity (Wildman–Crippen MR) is 103 cm³/mol. The predicted octanol–water partition coefficient (Wildman–Crippen LogP) is 3.38. The highest BCUT2D eigenvalue weighted by atomic mass is 16.5. The maximum absolute atomic E-state index is 12.2. The number of amides is 1. The quantitative estimate of drug-likeness (QED) is 0.690. The van der Waals surface area contributed by atoms with Crippen LogP contribution in [-0.2, 0) is 29.7 Å². The lowest BCUT2D eigenvalue weighted by Crippen LogP contribution is -2.24. The van der Waals surface area contributed by atoms with Crippen LogP contribution in [0.5, 0.6) is 0 Å². The molecule has 0 bridgehead atoms. The molecule has 0 unspecified atom stereocenters. The first kappa shape index (κ1) is 19.1. The fourth-order valence-corrected chi connectivity index (χ4v) is 2.94. The van der Waals surface area contributed by atoms with Crippen molar-refractivity contribution in [1.82, 2.24) is 25.0 Å². The van der Waals surface area contributed by atoms with Crippen molar-refractivity contribution in [3.05, 3.63) is 41.8 Å². The zero-order valence-electron chi connectivity index (χ0n) is 16.5. The fourth-order valence-electron chi connectivity index (χ4n) is 2.94. The molecule has 0 atom stereocenters. The molecule has 3 aromatic rings. The summed E-state index contributed by atoms with van der Waals surface area (Å²) in [6.07, 6.45) is 1.69. The van der Waals surface area contributed by atoms with E-state index in [2.05, 4.69) is 31.9 Å². The molecule has 2 aromatic heterocycles. The molecule has 1 N–H and O–H groups in total. The SMILES string of the molecule is CCn1c(CNC(=O)CCCc2nc(C(C)(C)C)no2)nc2ccccc21. The Balaban J connectivity index is 1.50. The van der Waals surface area contributed by atoms with Crippen molar-refractivity contribution in [1.29, 1.82) is 0 Å². The Bertz CT molecular complexity index is 920. The average Bonchev–Trinajstić information content (AvgIpc) is 3.23. The van der Waals surface area contributed by atoms with Gasteiger partial charge < -0.3 is 14.4 Å². The number of carbonyl (C=O) groups is 1. The molecule has 3 rings (SSSR count). The molecule has 7 heteroatoms. The average molecular weight is 369 g/mol. The first-order chi connectivity index (χ1) is 12.9. The van der Waals surface area contributed by atoms with Gasteiger partial charge in [-0.15, -0.1) is 0 Å². The number of hydrogen-bond acceptors (Lipinski definition) is 5. The second-order valence-electron chi connectivity index (χ2n) is 7.65. The van der Waals surface area contributed by atoms with Gasteiger partial charge >= 0.3 is 0 Å². The lowest BCUT2D eigenvalue weighted by atomic mass is 9.96. The molecule has 1 amide bonds. The van der Waals surface area contributed by atoms with Crippen LogP contribution in [0.3, 0.4) is 0 Å². The fraction of sp³-hybridized carbons (Fsp3) is 0.500. The van der Waals surface area contributed by atoms with Gasteiger partial charge in [-0.05, 0) is 25.5 Å². The molecule has 0 spiro atoms. The van der Waals surface area contributed by atoms with Crippen LogP contribution in [-0.4, -0.2) is 25.6 Å². The second kappa shape index (κ2) is 7.90. The van der Waals surface area contributed by atoms with E-state index in [1.54, 1.807) is 0 Å². The Kier molecular flexibility index (Phi) is 5.58. The van der Waals surface area contributed by atoms with Gasteiger partial charge in [0.05, 0.1) is 17.6 Å². The summed E-state index contributed by atoms with van der Waals surface area (Å²) in [4.78, 5) is 21.2. The maximum Gasteiger partial charge on any atom is 0.226 e. The van der Waals surface area contributed by atoms with Gasteiger partial charge in [0, 0.05) is 24.8 Å². The lowest BCUT2D eigenvalue weighted by molar-refractivity contribution is -0.121. The van der Waals surface area contributed by atoms with Crippen LogP contribution in [0.1, 0.15) is 58.1 Å². The van der Waals surface area contributed by atoms with Crippen LogP contribution < -0.4 is 5.32 Å². The molecule has 0 saturated carbocycles.